The lowest BCUT2D eigenvalue weighted by molar-refractivity contribution is 0.576. The third-order valence-corrected chi connectivity index (χ3v) is 2.42. The molecule has 0 bridgehead atoms. The highest BCUT2D eigenvalue weighted by molar-refractivity contribution is 7.71. The highest BCUT2D eigenvalue weighted by Gasteiger charge is 2.04. The summed E-state index contributed by atoms with van der Waals surface area (Å²) in [6.07, 6.45) is 3.34. The van der Waals surface area contributed by atoms with Crippen LogP contribution in [0.3, 0.4) is 0 Å². The van der Waals surface area contributed by atoms with E-state index >= 15 is 0 Å². The van der Waals surface area contributed by atoms with Gasteiger partial charge in [-0.2, -0.15) is 0 Å². The van der Waals surface area contributed by atoms with Gasteiger partial charge in [0.05, 0.1) is 6.54 Å². The molecule has 0 atom stereocenters. The number of aromatic amines is 1. The van der Waals surface area contributed by atoms with Crippen LogP contribution in [0.4, 0.5) is 8.78 Å². The van der Waals surface area contributed by atoms with Crippen molar-refractivity contribution in [3.05, 3.63) is 52.6 Å². The predicted octanol–water partition coefficient (Wildman–Crippen LogP) is 2.87. The molecule has 0 saturated heterocycles. The third kappa shape index (κ3) is 2.12. The Balaban J connectivity index is 2.36. The smallest absolute Gasteiger partial charge is 0.177 e. The highest BCUT2D eigenvalue weighted by atomic mass is 32.1. The molecule has 78 valence electrons. The number of rotatable bonds is 2. The zero-order valence-electron chi connectivity index (χ0n) is 7.71. The second kappa shape index (κ2) is 3.94. The van der Waals surface area contributed by atoms with Crippen LogP contribution in [0.25, 0.3) is 0 Å². The molecule has 0 aliphatic rings. The van der Waals surface area contributed by atoms with E-state index in [0.29, 0.717) is 4.77 Å². The standard InChI is InChI=1S/C10H8F2N2S/c11-8-1-2-9(12)7(5-8)6-14-4-3-13-10(14)15/h1-5H,6H2,(H,13,15). The van der Waals surface area contributed by atoms with Crippen LogP contribution in [-0.2, 0) is 6.54 Å². The Bertz CT molecular complexity index is 530. The van der Waals surface area contributed by atoms with Gasteiger partial charge in [-0.25, -0.2) is 8.78 Å². The number of imidazole rings is 1. The minimum Gasteiger partial charge on any atom is -0.337 e. The van der Waals surface area contributed by atoms with Gasteiger partial charge in [0, 0.05) is 18.0 Å². The maximum atomic E-state index is 13.3. The van der Waals surface area contributed by atoms with Crippen molar-refractivity contribution in [3.8, 4) is 0 Å². The largest absolute Gasteiger partial charge is 0.337 e. The van der Waals surface area contributed by atoms with Crippen LogP contribution in [-0.4, -0.2) is 9.55 Å². The van der Waals surface area contributed by atoms with E-state index in [4.69, 9.17) is 12.2 Å². The number of benzene rings is 1. The molecule has 0 radical (unpaired) electrons. The van der Waals surface area contributed by atoms with Gasteiger partial charge in [-0.05, 0) is 30.4 Å². The third-order valence-electron chi connectivity index (χ3n) is 2.07. The lowest BCUT2D eigenvalue weighted by Gasteiger charge is -2.04. The van der Waals surface area contributed by atoms with Crippen molar-refractivity contribution < 1.29 is 8.78 Å². The second-order valence-electron chi connectivity index (χ2n) is 3.13. The van der Waals surface area contributed by atoms with Gasteiger partial charge in [0.1, 0.15) is 11.6 Å². The lowest BCUT2D eigenvalue weighted by atomic mass is 10.2. The second-order valence-corrected chi connectivity index (χ2v) is 3.52. The van der Waals surface area contributed by atoms with E-state index in [9.17, 15) is 8.78 Å². The molecule has 2 nitrogen and oxygen atoms in total. The van der Waals surface area contributed by atoms with Gasteiger partial charge < -0.3 is 9.55 Å². The molecule has 2 rings (SSSR count). The maximum absolute atomic E-state index is 13.3. The first-order chi connectivity index (χ1) is 7.16. The summed E-state index contributed by atoms with van der Waals surface area (Å²) in [5, 5.41) is 0. The number of H-pyrrole nitrogens is 1. The maximum Gasteiger partial charge on any atom is 0.177 e. The average Bonchev–Trinajstić information content (AvgIpc) is 2.58. The van der Waals surface area contributed by atoms with Crippen LogP contribution in [0.15, 0.2) is 30.6 Å². The molecule has 1 aromatic heterocycles. The molecule has 5 heteroatoms. The number of aromatic nitrogens is 2. The number of nitrogens with zero attached hydrogens (tertiary/aromatic N) is 1. The molecule has 0 spiro atoms. The summed E-state index contributed by atoms with van der Waals surface area (Å²) in [7, 11) is 0. The Morgan fingerprint density at radius 2 is 2.13 bits per heavy atom. The zero-order valence-corrected chi connectivity index (χ0v) is 8.52. The molecular weight excluding hydrogens is 218 g/mol. The van der Waals surface area contributed by atoms with Crippen molar-refractivity contribution >= 4 is 12.2 Å². The van der Waals surface area contributed by atoms with E-state index in [1.54, 1.807) is 17.0 Å². The van der Waals surface area contributed by atoms with Crippen LogP contribution < -0.4 is 0 Å². The highest BCUT2D eigenvalue weighted by Crippen LogP contribution is 2.11. The van der Waals surface area contributed by atoms with Gasteiger partial charge in [0.2, 0.25) is 0 Å². The molecule has 0 unspecified atom stereocenters. The fourth-order valence-corrected chi connectivity index (χ4v) is 1.52. The van der Waals surface area contributed by atoms with E-state index in [1.165, 1.54) is 6.07 Å². The molecule has 1 heterocycles. The van der Waals surface area contributed by atoms with Gasteiger partial charge >= 0.3 is 0 Å². The van der Waals surface area contributed by atoms with E-state index in [0.717, 1.165) is 12.1 Å². The number of nitrogens with one attached hydrogen (secondary N) is 1. The zero-order chi connectivity index (χ0) is 10.8. The van der Waals surface area contributed by atoms with E-state index in [1.807, 2.05) is 0 Å². The summed E-state index contributed by atoms with van der Waals surface area (Å²) in [5.74, 6) is -0.882. The van der Waals surface area contributed by atoms with Gasteiger partial charge in [0.25, 0.3) is 0 Å². The quantitative estimate of drug-likeness (QED) is 0.781. The molecule has 2 aromatic rings. The first-order valence-corrected chi connectivity index (χ1v) is 4.75. The summed E-state index contributed by atoms with van der Waals surface area (Å²) in [6, 6.07) is 3.38. The Morgan fingerprint density at radius 1 is 1.33 bits per heavy atom. The summed E-state index contributed by atoms with van der Waals surface area (Å²) in [5.41, 5.74) is 0.283. The molecule has 0 saturated carbocycles. The fraction of sp³-hybridized carbons (Fsp3) is 0.100. The summed E-state index contributed by atoms with van der Waals surface area (Å²) < 4.78 is 28.3. The van der Waals surface area contributed by atoms with Crippen molar-refractivity contribution in [2.24, 2.45) is 0 Å². The Hall–Kier alpha value is -1.49. The summed E-state index contributed by atoms with van der Waals surface area (Å²) in [6.45, 7) is 0.228. The van der Waals surface area contributed by atoms with Crippen LogP contribution in [0.1, 0.15) is 5.56 Å². The first kappa shape index (κ1) is 10.0. The number of halogens is 2. The average molecular weight is 226 g/mol. The Morgan fingerprint density at radius 3 is 2.80 bits per heavy atom. The van der Waals surface area contributed by atoms with Crippen molar-refractivity contribution in [1.29, 1.82) is 0 Å². The van der Waals surface area contributed by atoms with Crippen molar-refractivity contribution in [1.82, 2.24) is 9.55 Å². The molecule has 0 aliphatic carbocycles. The normalized spacial score (nSPS) is 10.5. The van der Waals surface area contributed by atoms with Gasteiger partial charge in [-0.1, -0.05) is 0 Å². The molecule has 0 amide bonds. The Labute approximate surface area is 90.2 Å². The van der Waals surface area contributed by atoms with E-state index in [2.05, 4.69) is 4.98 Å². The minimum atomic E-state index is -0.451. The summed E-state index contributed by atoms with van der Waals surface area (Å²) in [4.78, 5) is 2.78. The molecular formula is C10H8F2N2S. The molecule has 1 N–H and O–H groups in total. The van der Waals surface area contributed by atoms with E-state index < -0.39 is 11.6 Å². The Kier molecular flexibility index (Phi) is 2.64. The van der Waals surface area contributed by atoms with Crippen molar-refractivity contribution in [2.75, 3.05) is 0 Å². The van der Waals surface area contributed by atoms with Crippen molar-refractivity contribution in [2.45, 2.75) is 6.54 Å². The minimum absolute atomic E-state index is 0.228. The summed E-state index contributed by atoms with van der Waals surface area (Å²) >= 11 is 4.95. The lowest BCUT2D eigenvalue weighted by Crippen LogP contribution is -2.01. The predicted molar refractivity (Wildman–Crippen MR) is 55.1 cm³/mol. The van der Waals surface area contributed by atoms with Crippen molar-refractivity contribution in [3.63, 3.8) is 0 Å². The van der Waals surface area contributed by atoms with Gasteiger partial charge in [-0.3, -0.25) is 0 Å². The molecule has 1 aromatic carbocycles. The fourth-order valence-electron chi connectivity index (χ4n) is 1.32. The topological polar surface area (TPSA) is 20.7 Å². The molecule has 15 heavy (non-hydrogen) atoms. The van der Waals surface area contributed by atoms with Crippen LogP contribution in [0.5, 0.6) is 0 Å². The van der Waals surface area contributed by atoms with Gasteiger partial charge in [0.15, 0.2) is 4.77 Å². The number of hydrogen-bond acceptors (Lipinski definition) is 1. The molecule has 0 fully saturated rings. The van der Waals surface area contributed by atoms with E-state index in [-0.39, 0.29) is 12.1 Å². The van der Waals surface area contributed by atoms with Crippen LogP contribution in [0, 0.1) is 16.4 Å². The SMILES string of the molecule is Fc1ccc(F)c(Cn2cc[nH]c2=S)c1. The monoisotopic (exact) mass is 226 g/mol. The molecule has 0 aliphatic heterocycles. The first-order valence-electron chi connectivity index (χ1n) is 4.34. The van der Waals surface area contributed by atoms with Crippen LogP contribution in [0.2, 0.25) is 0 Å². The van der Waals surface area contributed by atoms with Gasteiger partial charge in [-0.15, -0.1) is 0 Å². The van der Waals surface area contributed by atoms with Crippen LogP contribution >= 0.6 is 12.2 Å². The number of hydrogen-bond donors (Lipinski definition) is 1.